The minimum atomic E-state index is -0.0999. The first-order valence-electron chi connectivity index (χ1n) is 7.00. The number of carbonyl (C=O) groups is 1. The maximum absolute atomic E-state index is 12.1. The van der Waals surface area contributed by atoms with Gasteiger partial charge in [0.15, 0.2) is 5.16 Å². The van der Waals surface area contributed by atoms with Crippen LogP contribution >= 0.6 is 23.5 Å². The van der Waals surface area contributed by atoms with E-state index in [1.165, 1.54) is 11.8 Å². The predicted octanol–water partition coefficient (Wildman–Crippen LogP) is 3.47. The average Bonchev–Trinajstić information content (AvgIpc) is 2.97. The molecule has 1 heterocycles. The monoisotopic (exact) mass is 347 g/mol. The summed E-state index contributed by atoms with van der Waals surface area (Å²) in [7, 11) is 0. The molecule has 0 saturated carbocycles. The molecule has 2 rings (SSSR count). The highest BCUT2D eigenvalue weighted by atomic mass is 32.2. The summed E-state index contributed by atoms with van der Waals surface area (Å²) in [5.74, 6) is 0.164. The van der Waals surface area contributed by atoms with Crippen LogP contribution < -0.4 is 5.32 Å². The number of benzene rings is 1. The van der Waals surface area contributed by atoms with Crippen LogP contribution in [0.1, 0.15) is 25.5 Å². The molecule has 120 valence electrons. The number of nitriles is 1. The molecule has 0 aliphatic heterocycles. The van der Waals surface area contributed by atoms with Gasteiger partial charge in [0.25, 0.3) is 0 Å². The Bertz CT molecular complexity index is 736. The van der Waals surface area contributed by atoms with Gasteiger partial charge in [-0.2, -0.15) is 5.26 Å². The lowest BCUT2D eigenvalue weighted by molar-refractivity contribution is -0.113. The van der Waals surface area contributed by atoms with Crippen LogP contribution in [0.4, 0.5) is 5.69 Å². The maximum atomic E-state index is 12.1. The zero-order valence-corrected chi connectivity index (χ0v) is 14.7. The molecule has 0 radical (unpaired) electrons. The fourth-order valence-corrected chi connectivity index (χ4v) is 3.22. The van der Waals surface area contributed by atoms with Crippen molar-refractivity contribution in [2.75, 3.05) is 11.1 Å². The smallest absolute Gasteiger partial charge is 0.234 e. The van der Waals surface area contributed by atoms with Crippen molar-refractivity contribution in [2.45, 2.75) is 36.9 Å². The third-order valence-electron chi connectivity index (χ3n) is 3.06. The van der Waals surface area contributed by atoms with Crippen LogP contribution in [0.2, 0.25) is 0 Å². The van der Waals surface area contributed by atoms with Gasteiger partial charge in [0.05, 0.1) is 5.75 Å². The molecule has 0 unspecified atom stereocenters. The fourth-order valence-electron chi connectivity index (χ4n) is 1.90. The maximum Gasteiger partial charge on any atom is 0.234 e. The molecule has 0 aliphatic rings. The molecule has 0 bridgehead atoms. The Labute approximate surface area is 143 Å². The first kappa shape index (κ1) is 17.4. The van der Waals surface area contributed by atoms with E-state index in [1.807, 2.05) is 48.9 Å². The number of aryl methyl sites for hydroxylation is 1. The van der Waals surface area contributed by atoms with Gasteiger partial charge >= 0.3 is 0 Å². The van der Waals surface area contributed by atoms with Gasteiger partial charge in [0.2, 0.25) is 5.91 Å². The van der Waals surface area contributed by atoms with E-state index in [0.29, 0.717) is 0 Å². The summed E-state index contributed by atoms with van der Waals surface area (Å²) in [4.78, 5) is 13.0. The highest BCUT2D eigenvalue weighted by Gasteiger charge is 2.11. The van der Waals surface area contributed by atoms with E-state index in [4.69, 9.17) is 5.26 Å². The van der Waals surface area contributed by atoms with Crippen molar-refractivity contribution in [2.24, 2.45) is 0 Å². The van der Waals surface area contributed by atoms with Crippen molar-refractivity contribution in [1.82, 2.24) is 14.8 Å². The van der Waals surface area contributed by atoms with Crippen LogP contribution in [0.3, 0.4) is 0 Å². The number of nitrogens with one attached hydrogen (secondary N) is 1. The fraction of sp³-hybridized carbons (Fsp3) is 0.333. The highest BCUT2D eigenvalue weighted by Crippen LogP contribution is 2.24. The molecule has 1 amide bonds. The van der Waals surface area contributed by atoms with E-state index in [0.717, 1.165) is 33.1 Å². The number of carbonyl (C=O) groups excluding carboxylic acids is 1. The molecule has 0 atom stereocenters. The van der Waals surface area contributed by atoms with Crippen LogP contribution in [0.25, 0.3) is 0 Å². The molecule has 0 saturated heterocycles. The number of hydrogen-bond donors (Lipinski definition) is 1. The van der Waals surface area contributed by atoms with Crippen LogP contribution in [0, 0.1) is 17.6 Å². The predicted molar refractivity (Wildman–Crippen MR) is 92.4 cm³/mol. The molecule has 0 spiro atoms. The van der Waals surface area contributed by atoms with E-state index in [-0.39, 0.29) is 17.7 Å². The van der Waals surface area contributed by atoms with E-state index in [2.05, 4.69) is 15.5 Å². The number of amides is 1. The van der Waals surface area contributed by atoms with Gasteiger partial charge in [-0.25, -0.2) is 0 Å². The van der Waals surface area contributed by atoms with Crippen molar-refractivity contribution in [3.8, 4) is 5.40 Å². The summed E-state index contributed by atoms with van der Waals surface area (Å²) >= 11 is 2.46. The molecule has 23 heavy (non-hydrogen) atoms. The van der Waals surface area contributed by atoms with Gasteiger partial charge in [-0.3, -0.25) is 4.79 Å². The zero-order valence-electron chi connectivity index (χ0n) is 13.1. The van der Waals surface area contributed by atoms with E-state index < -0.39 is 0 Å². The number of anilines is 1. The topological polar surface area (TPSA) is 83.6 Å². The standard InChI is InChI=1S/C15H17N5OS2/c1-10(2)20-9-17-19-15(20)22-7-14(21)18-13-5-4-12(23-8-16)6-11(13)3/h4-6,9-10H,7H2,1-3H3,(H,18,21). The van der Waals surface area contributed by atoms with Crippen molar-refractivity contribution >= 4 is 35.1 Å². The third kappa shape index (κ3) is 4.74. The largest absolute Gasteiger partial charge is 0.325 e. The van der Waals surface area contributed by atoms with Crippen molar-refractivity contribution in [3.05, 3.63) is 30.1 Å². The second-order valence-electron chi connectivity index (χ2n) is 5.12. The molecule has 0 fully saturated rings. The highest BCUT2D eigenvalue weighted by molar-refractivity contribution is 8.03. The Balaban J connectivity index is 1.95. The van der Waals surface area contributed by atoms with Gasteiger partial charge in [-0.05, 0) is 56.3 Å². The minimum absolute atomic E-state index is 0.0999. The average molecular weight is 347 g/mol. The Morgan fingerprint density at radius 2 is 2.26 bits per heavy atom. The van der Waals surface area contributed by atoms with E-state index in [9.17, 15) is 4.79 Å². The molecule has 8 heteroatoms. The minimum Gasteiger partial charge on any atom is -0.325 e. The quantitative estimate of drug-likeness (QED) is 0.636. The first-order chi connectivity index (χ1) is 11.0. The molecule has 1 aromatic carbocycles. The Morgan fingerprint density at radius 1 is 1.48 bits per heavy atom. The molecule has 0 aliphatic carbocycles. The number of hydrogen-bond acceptors (Lipinski definition) is 6. The van der Waals surface area contributed by atoms with Crippen LogP contribution in [-0.2, 0) is 4.79 Å². The second-order valence-corrected chi connectivity index (χ2v) is 6.92. The van der Waals surface area contributed by atoms with Crippen LogP contribution in [-0.4, -0.2) is 26.4 Å². The lowest BCUT2D eigenvalue weighted by atomic mass is 10.2. The van der Waals surface area contributed by atoms with E-state index >= 15 is 0 Å². The third-order valence-corrected chi connectivity index (χ3v) is 4.60. The summed E-state index contributed by atoms with van der Waals surface area (Å²) in [6.45, 7) is 5.98. The van der Waals surface area contributed by atoms with Gasteiger partial charge < -0.3 is 9.88 Å². The molecule has 1 N–H and O–H groups in total. The molecule has 6 nitrogen and oxygen atoms in total. The normalized spacial score (nSPS) is 10.6. The van der Waals surface area contributed by atoms with Gasteiger partial charge in [0, 0.05) is 16.6 Å². The zero-order chi connectivity index (χ0) is 16.8. The van der Waals surface area contributed by atoms with Gasteiger partial charge in [-0.1, -0.05) is 11.8 Å². The number of aromatic nitrogens is 3. The summed E-state index contributed by atoms with van der Waals surface area (Å²) in [6, 6.07) is 5.77. The van der Waals surface area contributed by atoms with Crippen molar-refractivity contribution in [3.63, 3.8) is 0 Å². The Hall–Kier alpha value is -1.98. The number of rotatable bonds is 6. The Kier molecular flexibility index (Phi) is 6.07. The second kappa shape index (κ2) is 8.04. The first-order valence-corrected chi connectivity index (χ1v) is 8.80. The number of nitrogens with zero attached hydrogens (tertiary/aromatic N) is 4. The van der Waals surface area contributed by atoms with Gasteiger partial charge in [-0.15, -0.1) is 10.2 Å². The molecule has 1 aromatic heterocycles. The molecule has 2 aromatic rings. The number of thiocyanates is 1. The van der Waals surface area contributed by atoms with Gasteiger partial charge in [0.1, 0.15) is 11.7 Å². The lowest BCUT2D eigenvalue weighted by Crippen LogP contribution is -2.15. The molecular weight excluding hydrogens is 330 g/mol. The SMILES string of the molecule is Cc1cc(SC#N)ccc1NC(=O)CSc1nncn1C(C)C. The molecular formula is C15H17N5OS2. The summed E-state index contributed by atoms with van der Waals surface area (Å²) in [6.07, 6.45) is 1.67. The lowest BCUT2D eigenvalue weighted by Gasteiger charge is -2.11. The van der Waals surface area contributed by atoms with E-state index in [1.54, 1.807) is 6.33 Å². The Morgan fingerprint density at radius 3 is 2.91 bits per heavy atom. The van der Waals surface area contributed by atoms with Crippen molar-refractivity contribution in [1.29, 1.82) is 5.26 Å². The van der Waals surface area contributed by atoms with Crippen LogP contribution in [0.5, 0.6) is 0 Å². The summed E-state index contributed by atoms with van der Waals surface area (Å²) in [5.41, 5.74) is 1.68. The van der Waals surface area contributed by atoms with Crippen molar-refractivity contribution < 1.29 is 4.79 Å². The summed E-state index contributed by atoms with van der Waals surface area (Å²) in [5, 5.41) is 22.2. The summed E-state index contributed by atoms with van der Waals surface area (Å²) < 4.78 is 1.93. The van der Waals surface area contributed by atoms with Crippen LogP contribution in [0.15, 0.2) is 34.6 Å². The number of thioether (sulfide) groups is 2.